The number of morpholine rings is 1. The van der Waals surface area contributed by atoms with Crippen molar-refractivity contribution in [3.05, 3.63) is 53.0 Å². The van der Waals surface area contributed by atoms with Crippen molar-refractivity contribution in [2.24, 2.45) is 0 Å². The summed E-state index contributed by atoms with van der Waals surface area (Å²) in [6, 6.07) is 5.40. The van der Waals surface area contributed by atoms with Gasteiger partial charge in [-0.05, 0) is 41.3 Å². The molecule has 8 nitrogen and oxygen atoms in total. The summed E-state index contributed by atoms with van der Waals surface area (Å²) in [7, 11) is 1.75. The van der Waals surface area contributed by atoms with Crippen molar-refractivity contribution in [2.45, 2.75) is 19.1 Å². The highest BCUT2D eigenvalue weighted by Gasteiger charge is 2.28. The average Bonchev–Trinajstić information content (AvgIpc) is 3.52. The molecule has 2 saturated heterocycles. The van der Waals surface area contributed by atoms with Gasteiger partial charge in [0.1, 0.15) is 11.3 Å². The third-order valence-corrected chi connectivity index (χ3v) is 7.33. The molecule has 9 heteroatoms. The summed E-state index contributed by atoms with van der Waals surface area (Å²) in [6.07, 6.45) is 6.69. The third-order valence-electron chi connectivity index (χ3n) is 7.33. The quantitative estimate of drug-likeness (QED) is 0.421. The summed E-state index contributed by atoms with van der Waals surface area (Å²) in [4.78, 5) is 19.1. The fourth-order valence-corrected chi connectivity index (χ4v) is 5.34. The Morgan fingerprint density at radius 2 is 2.03 bits per heavy atom. The molecule has 2 aliphatic heterocycles. The molecule has 0 spiro atoms. The van der Waals surface area contributed by atoms with E-state index < -0.39 is 0 Å². The van der Waals surface area contributed by atoms with Gasteiger partial charge >= 0.3 is 0 Å². The summed E-state index contributed by atoms with van der Waals surface area (Å²) >= 11 is 0. The molecule has 184 valence electrons. The van der Waals surface area contributed by atoms with Crippen molar-refractivity contribution in [3.8, 4) is 11.4 Å². The zero-order chi connectivity index (χ0) is 24.2. The van der Waals surface area contributed by atoms with Gasteiger partial charge in [0, 0.05) is 51.6 Å². The number of aromatic nitrogens is 3. The topological polar surface area (TPSA) is 76.8 Å². The number of hydrogen-bond donors (Lipinski definition) is 0. The van der Waals surface area contributed by atoms with E-state index in [-0.39, 0.29) is 5.82 Å². The zero-order valence-electron chi connectivity index (χ0n) is 20.0. The van der Waals surface area contributed by atoms with Crippen LogP contribution in [0.5, 0.6) is 0 Å². The largest absolute Gasteiger partial charge is 0.432 e. The van der Waals surface area contributed by atoms with Crippen molar-refractivity contribution in [3.63, 3.8) is 0 Å². The Morgan fingerprint density at radius 1 is 1.17 bits per heavy atom. The smallest absolute Gasteiger partial charge is 0.229 e. The maximum Gasteiger partial charge on any atom is 0.229 e. The number of nitrogens with zero attached hydrogens (tertiary/aromatic N) is 5. The van der Waals surface area contributed by atoms with E-state index in [4.69, 9.17) is 23.9 Å². The first-order chi connectivity index (χ1) is 17.7. The Kier molecular flexibility index (Phi) is 5.23. The predicted molar refractivity (Wildman–Crippen MR) is 134 cm³/mol. The SMILES string of the molecule is COC1CN(Cc2cnc3oc4c(N5CCOCC5)nc(-c5ccc(F)c6c5C=CC6)nc4c3c2)C1. The number of anilines is 1. The Labute approximate surface area is 207 Å². The highest BCUT2D eigenvalue weighted by molar-refractivity contribution is 6.05. The molecule has 0 saturated carbocycles. The van der Waals surface area contributed by atoms with E-state index in [1.54, 1.807) is 13.2 Å². The molecule has 0 N–H and O–H groups in total. The Bertz CT molecular complexity index is 1500. The molecular formula is C27H26FN5O3. The lowest BCUT2D eigenvalue weighted by Gasteiger charge is -2.38. The van der Waals surface area contributed by atoms with Crippen LogP contribution in [0, 0.1) is 5.82 Å². The van der Waals surface area contributed by atoms with Crippen LogP contribution in [-0.4, -0.2) is 72.5 Å². The van der Waals surface area contributed by atoms with Crippen LogP contribution in [0.3, 0.4) is 0 Å². The van der Waals surface area contributed by atoms with Gasteiger partial charge in [0.2, 0.25) is 5.71 Å². The van der Waals surface area contributed by atoms with E-state index >= 15 is 0 Å². The van der Waals surface area contributed by atoms with E-state index in [9.17, 15) is 4.39 Å². The van der Waals surface area contributed by atoms with Crippen LogP contribution in [0.15, 0.2) is 34.9 Å². The van der Waals surface area contributed by atoms with E-state index in [1.807, 2.05) is 18.3 Å². The van der Waals surface area contributed by atoms with E-state index in [0.717, 1.165) is 53.0 Å². The normalized spacial score (nSPS) is 18.3. The molecule has 1 aromatic carbocycles. The van der Waals surface area contributed by atoms with Gasteiger partial charge in [-0.25, -0.2) is 19.3 Å². The second-order valence-corrected chi connectivity index (χ2v) is 9.59. The molecule has 4 aromatic rings. The standard InChI is InChI=1S/C27H26FN5O3/c1-34-17-14-32(15-17)13-16-11-21-23-24(36-27(21)29-12-16)26(33-7-9-35-10-8-33)31-25(30-23)20-5-6-22(28)19-4-2-3-18(19)20/h2-3,5-6,11-12,17H,4,7-10,13-15H2,1H3. The van der Waals surface area contributed by atoms with Gasteiger partial charge in [-0.1, -0.05) is 12.2 Å². The number of hydrogen-bond acceptors (Lipinski definition) is 8. The Hall–Kier alpha value is -3.40. The molecule has 36 heavy (non-hydrogen) atoms. The number of pyridine rings is 1. The average molecular weight is 488 g/mol. The van der Waals surface area contributed by atoms with Crippen molar-refractivity contribution in [2.75, 3.05) is 51.4 Å². The molecule has 1 aliphatic carbocycles. The van der Waals surface area contributed by atoms with Crippen molar-refractivity contribution < 1.29 is 18.3 Å². The van der Waals surface area contributed by atoms with E-state index in [1.165, 1.54) is 6.07 Å². The summed E-state index contributed by atoms with van der Waals surface area (Å²) in [5, 5.41) is 0.860. The molecule has 3 aromatic heterocycles. The number of likely N-dealkylation sites (tertiary alicyclic amines) is 1. The highest BCUT2D eigenvalue weighted by atomic mass is 19.1. The number of ether oxygens (including phenoxy) is 2. The summed E-state index contributed by atoms with van der Waals surface area (Å²) < 4.78 is 31.7. The van der Waals surface area contributed by atoms with Gasteiger partial charge < -0.3 is 18.8 Å². The molecule has 0 unspecified atom stereocenters. The fourth-order valence-electron chi connectivity index (χ4n) is 5.34. The number of fused-ring (bicyclic) bond motifs is 4. The Balaban J connectivity index is 1.38. The summed E-state index contributed by atoms with van der Waals surface area (Å²) in [6.45, 7) is 5.28. The minimum atomic E-state index is -0.197. The van der Waals surface area contributed by atoms with E-state index in [2.05, 4.69) is 20.9 Å². The van der Waals surface area contributed by atoms with Gasteiger partial charge in [0.15, 0.2) is 17.2 Å². The van der Waals surface area contributed by atoms with E-state index in [0.29, 0.717) is 61.5 Å². The molecule has 5 heterocycles. The van der Waals surface area contributed by atoms with Crippen molar-refractivity contribution in [1.82, 2.24) is 19.9 Å². The third kappa shape index (κ3) is 3.57. The molecule has 3 aliphatic rings. The maximum absolute atomic E-state index is 14.5. The first-order valence-electron chi connectivity index (χ1n) is 12.3. The highest BCUT2D eigenvalue weighted by Crippen LogP contribution is 2.37. The first-order valence-corrected chi connectivity index (χ1v) is 12.3. The lowest BCUT2D eigenvalue weighted by molar-refractivity contribution is -0.0334. The van der Waals surface area contributed by atoms with Gasteiger partial charge in [0.05, 0.1) is 24.7 Å². The number of halogens is 1. The maximum atomic E-state index is 14.5. The molecule has 0 atom stereocenters. The van der Waals surface area contributed by atoms with Crippen LogP contribution in [0.1, 0.15) is 16.7 Å². The van der Waals surface area contributed by atoms with Gasteiger partial charge in [0.25, 0.3) is 0 Å². The number of allylic oxidation sites excluding steroid dienone is 1. The van der Waals surface area contributed by atoms with Gasteiger partial charge in [-0.15, -0.1) is 0 Å². The first kappa shape index (κ1) is 21.8. The second-order valence-electron chi connectivity index (χ2n) is 9.59. The van der Waals surface area contributed by atoms with Gasteiger partial charge in [-0.3, -0.25) is 4.90 Å². The van der Waals surface area contributed by atoms with Crippen LogP contribution in [-0.2, 0) is 22.4 Å². The Morgan fingerprint density at radius 3 is 2.86 bits per heavy atom. The molecular weight excluding hydrogens is 461 g/mol. The minimum absolute atomic E-state index is 0.197. The van der Waals surface area contributed by atoms with Crippen LogP contribution >= 0.6 is 0 Å². The number of benzene rings is 1. The minimum Gasteiger partial charge on any atom is -0.432 e. The lowest BCUT2D eigenvalue weighted by Crippen LogP contribution is -2.50. The molecule has 2 fully saturated rings. The van der Waals surface area contributed by atoms with Crippen LogP contribution < -0.4 is 4.90 Å². The molecule has 0 bridgehead atoms. The van der Waals surface area contributed by atoms with Gasteiger partial charge in [-0.2, -0.15) is 0 Å². The fraction of sp³-hybridized carbons (Fsp3) is 0.370. The molecule has 0 radical (unpaired) electrons. The molecule has 7 rings (SSSR count). The molecule has 0 amide bonds. The van der Waals surface area contributed by atoms with Crippen molar-refractivity contribution >= 4 is 34.1 Å². The second kappa shape index (κ2) is 8.62. The monoisotopic (exact) mass is 487 g/mol. The predicted octanol–water partition coefficient (Wildman–Crippen LogP) is 3.81. The summed E-state index contributed by atoms with van der Waals surface area (Å²) in [5.74, 6) is 1.09. The van der Waals surface area contributed by atoms with Crippen LogP contribution in [0.25, 0.3) is 39.7 Å². The summed E-state index contributed by atoms with van der Waals surface area (Å²) in [5.41, 5.74) is 5.34. The zero-order valence-corrected chi connectivity index (χ0v) is 20.0. The van der Waals surface area contributed by atoms with Crippen molar-refractivity contribution in [1.29, 1.82) is 0 Å². The van der Waals surface area contributed by atoms with Crippen LogP contribution in [0.4, 0.5) is 10.2 Å². The van der Waals surface area contributed by atoms with Crippen LogP contribution in [0.2, 0.25) is 0 Å². The number of methoxy groups -OCH3 is 1. The number of rotatable bonds is 5. The lowest BCUT2D eigenvalue weighted by atomic mass is 10.0. The number of furan rings is 1.